The highest BCUT2D eigenvalue weighted by Crippen LogP contribution is 2.40. The molecule has 0 spiro atoms. The number of aryl methyl sites for hydroxylation is 1. The maximum atomic E-state index is 11.9. The van der Waals surface area contributed by atoms with E-state index in [4.69, 9.17) is 20.4 Å². The lowest BCUT2D eigenvalue weighted by molar-refractivity contribution is 0.100. The SMILES string of the molecule is Cc1sc2c(C(N)=O)cccc2c1-c1nc(NCc2ccccc2)c2c(n1)OCCC2. The zero-order valence-electron chi connectivity index (χ0n) is 17.1. The number of aromatic nitrogens is 2. The van der Waals surface area contributed by atoms with Crippen molar-refractivity contribution in [3.8, 4) is 17.3 Å². The number of ether oxygens (including phenoxy) is 1. The zero-order chi connectivity index (χ0) is 21.4. The van der Waals surface area contributed by atoms with E-state index >= 15 is 0 Å². The molecular weight excluding hydrogens is 408 g/mol. The Morgan fingerprint density at radius 3 is 2.81 bits per heavy atom. The van der Waals surface area contributed by atoms with E-state index in [1.165, 1.54) is 16.9 Å². The minimum Gasteiger partial charge on any atom is -0.477 e. The third-order valence-corrected chi connectivity index (χ3v) is 6.62. The van der Waals surface area contributed by atoms with Gasteiger partial charge in [-0.1, -0.05) is 42.5 Å². The lowest BCUT2D eigenvalue weighted by Gasteiger charge is -2.20. The maximum absolute atomic E-state index is 11.9. The standard InChI is InChI=1S/C24H22N4O2S/c1-14-19(16-9-5-10-17(21(25)29)20(16)31-14)23-27-22(18-11-6-12-30-24(18)28-23)26-13-15-7-3-2-4-8-15/h2-5,7-10H,6,11-13H2,1H3,(H2,25,29)(H,26,27,28). The maximum Gasteiger partial charge on any atom is 0.250 e. The topological polar surface area (TPSA) is 90.1 Å². The van der Waals surface area contributed by atoms with Gasteiger partial charge >= 0.3 is 0 Å². The number of hydrogen-bond acceptors (Lipinski definition) is 6. The number of primary amides is 1. The number of benzene rings is 2. The van der Waals surface area contributed by atoms with Gasteiger partial charge in [-0.25, -0.2) is 4.98 Å². The predicted octanol–water partition coefficient (Wildman–Crippen LogP) is 4.70. The fourth-order valence-corrected chi connectivity index (χ4v) is 5.14. The molecule has 0 bridgehead atoms. The summed E-state index contributed by atoms with van der Waals surface area (Å²) in [6.07, 6.45) is 1.82. The van der Waals surface area contributed by atoms with Crippen LogP contribution in [0.3, 0.4) is 0 Å². The van der Waals surface area contributed by atoms with E-state index < -0.39 is 5.91 Å². The molecule has 0 fully saturated rings. The van der Waals surface area contributed by atoms with E-state index in [-0.39, 0.29) is 0 Å². The van der Waals surface area contributed by atoms with Crippen molar-refractivity contribution in [3.05, 3.63) is 70.1 Å². The van der Waals surface area contributed by atoms with Gasteiger partial charge in [0.25, 0.3) is 0 Å². The first kappa shape index (κ1) is 19.5. The molecule has 0 saturated heterocycles. The van der Waals surface area contributed by atoms with Crippen LogP contribution in [0.15, 0.2) is 48.5 Å². The molecule has 3 N–H and O–H groups in total. The largest absolute Gasteiger partial charge is 0.477 e. The normalized spacial score (nSPS) is 12.9. The molecule has 0 atom stereocenters. The number of nitrogens with two attached hydrogens (primary N) is 1. The average molecular weight is 431 g/mol. The van der Waals surface area contributed by atoms with E-state index in [2.05, 4.69) is 17.4 Å². The molecule has 31 heavy (non-hydrogen) atoms. The van der Waals surface area contributed by atoms with Crippen LogP contribution in [0, 0.1) is 6.92 Å². The van der Waals surface area contributed by atoms with Crippen LogP contribution in [0.1, 0.15) is 32.8 Å². The summed E-state index contributed by atoms with van der Waals surface area (Å²) in [6.45, 7) is 3.33. The molecule has 0 aliphatic carbocycles. The van der Waals surface area contributed by atoms with E-state index in [9.17, 15) is 4.79 Å². The first-order valence-corrected chi connectivity index (χ1v) is 11.1. The molecule has 3 heterocycles. The lowest BCUT2D eigenvalue weighted by Crippen LogP contribution is -2.15. The molecule has 0 radical (unpaired) electrons. The Kier molecular flexibility index (Phi) is 5.03. The van der Waals surface area contributed by atoms with Crippen LogP contribution >= 0.6 is 11.3 Å². The van der Waals surface area contributed by atoms with Gasteiger partial charge in [-0.05, 0) is 31.4 Å². The molecule has 7 heteroatoms. The Labute approximate surface area is 184 Å². The molecule has 1 aliphatic rings. The van der Waals surface area contributed by atoms with Crippen molar-refractivity contribution in [1.82, 2.24) is 9.97 Å². The van der Waals surface area contributed by atoms with Crippen LogP contribution in [-0.4, -0.2) is 22.5 Å². The summed E-state index contributed by atoms with van der Waals surface area (Å²) in [4.78, 5) is 22.6. The van der Waals surface area contributed by atoms with Gasteiger partial charge in [0.1, 0.15) is 5.82 Å². The summed E-state index contributed by atoms with van der Waals surface area (Å²) in [7, 11) is 0. The van der Waals surface area contributed by atoms with Crippen molar-refractivity contribution in [2.75, 3.05) is 11.9 Å². The number of amides is 1. The number of nitrogens with zero attached hydrogens (tertiary/aromatic N) is 2. The monoisotopic (exact) mass is 430 g/mol. The van der Waals surface area contributed by atoms with E-state index in [1.54, 1.807) is 6.07 Å². The van der Waals surface area contributed by atoms with E-state index in [1.807, 2.05) is 37.3 Å². The fraction of sp³-hybridized carbons (Fsp3) is 0.208. The van der Waals surface area contributed by atoms with Gasteiger partial charge in [0, 0.05) is 27.1 Å². The predicted molar refractivity (Wildman–Crippen MR) is 124 cm³/mol. The zero-order valence-corrected chi connectivity index (χ0v) is 18.0. The second kappa shape index (κ2) is 8.00. The van der Waals surface area contributed by atoms with Crippen LogP contribution in [-0.2, 0) is 13.0 Å². The van der Waals surface area contributed by atoms with Crippen molar-refractivity contribution < 1.29 is 9.53 Å². The van der Waals surface area contributed by atoms with Crippen LogP contribution in [0.5, 0.6) is 5.88 Å². The Bertz CT molecular complexity index is 1280. The molecule has 1 aliphatic heterocycles. The number of carbonyl (C=O) groups excluding carboxylic acids is 1. The van der Waals surface area contributed by atoms with Gasteiger partial charge in [-0.2, -0.15) is 4.98 Å². The Hall–Kier alpha value is -3.45. The molecule has 156 valence electrons. The van der Waals surface area contributed by atoms with Gasteiger partial charge in [-0.3, -0.25) is 4.79 Å². The van der Waals surface area contributed by atoms with Crippen LogP contribution in [0.4, 0.5) is 5.82 Å². The number of hydrogen-bond donors (Lipinski definition) is 2. The summed E-state index contributed by atoms with van der Waals surface area (Å²) in [6, 6.07) is 15.8. The van der Waals surface area contributed by atoms with Crippen LogP contribution in [0.25, 0.3) is 21.5 Å². The third kappa shape index (κ3) is 3.61. The number of thiophene rings is 1. The molecular formula is C24H22N4O2S. The smallest absolute Gasteiger partial charge is 0.250 e. The molecule has 0 saturated carbocycles. The first-order valence-electron chi connectivity index (χ1n) is 10.3. The second-order valence-corrected chi connectivity index (χ2v) is 8.78. The number of carbonyl (C=O) groups is 1. The highest BCUT2D eigenvalue weighted by Gasteiger charge is 2.23. The molecule has 4 aromatic rings. The van der Waals surface area contributed by atoms with Gasteiger partial charge < -0.3 is 15.8 Å². The highest BCUT2D eigenvalue weighted by molar-refractivity contribution is 7.20. The molecule has 0 unspecified atom stereocenters. The van der Waals surface area contributed by atoms with Crippen molar-refractivity contribution >= 4 is 33.1 Å². The Morgan fingerprint density at radius 2 is 2.00 bits per heavy atom. The summed E-state index contributed by atoms with van der Waals surface area (Å²) in [5.74, 6) is 1.60. The molecule has 6 nitrogen and oxygen atoms in total. The van der Waals surface area contributed by atoms with Gasteiger partial charge in [0.05, 0.1) is 17.7 Å². The second-order valence-electron chi connectivity index (χ2n) is 7.55. The number of anilines is 1. The summed E-state index contributed by atoms with van der Waals surface area (Å²) in [5.41, 5.74) is 9.23. The van der Waals surface area contributed by atoms with Crippen LogP contribution in [0.2, 0.25) is 0 Å². The van der Waals surface area contributed by atoms with Crippen LogP contribution < -0.4 is 15.8 Å². The summed E-state index contributed by atoms with van der Waals surface area (Å²) >= 11 is 1.54. The highest BCUT2D eigenvalue weighted by atomic mass is 32.1. The molecule has 2 aromatic carbocycles. The van der Waals surface area contributed by atoms with Crippen molar-refractivity contribution in [3.63, 3.8) is 0 Å². The Balaban J connectivity index is 1.62. The number of fused-ring (bicyclic) bond motifs is 2. The Morgan fingerprint density at radius 1 is 1.16 bits per heavy atom. The minimum absolute atomic E-state index is 0.432. The minimum atomic E-state index is -0.432. The first-order chi connectivity index (χ1) is 15.1. The van der Waals surface area contributed by atoms with Gasteiger partial charge in [0.2, 0.25) is 11.8 Å². The lowest BCUT2D eigenvalue weighted by atomic mass is 10.1. The fourth-order valence-electron chi connectivity index (χ4n) is 3.98. The quantitative estimate of drug-likeness (QED) is 0.479. The number of nitrogens with one attached hydrogen (secondary N) is 1. The van der Waals surface area contributed by atoms with Gasteiger partial charge in [-0.15, -0.1) is 11.3 Å². The molecule has 5 rings (SSSR count). The van der Waals surface area contributed by atoms with E-state index in [0.717, 1.165) is 44.7 Å². The average Bonchev–Trinajstić information content (AvgIpc) is 3.13. The third-order valence-electron chi connectivity index (χ3n) is 5.46. The van der Waals surface area contributed by atoms with E-state index in [0.29, 0.717) is 30.4 Å². The molecule has 1 amide bonds. The van der Waals surface area contributed by atoms with Crippen molar-refractivity contribution in [1.29, 1.82) is 0 Å². The van der Waals surface area contributed by atoms with Gasteiger partial charge in [0.15, 0.2) is 5.82 Å². The summed E-state index contributed by atoms with van der Waals surface area (Å²) in [5, 5.41) is 4.42. The van der Waals surface area contributed by atoms with Crippen molar-refractivity contribution in [2.24, 2.45) is 5.73 Å². The number of rotatable bonds is 5. The molecule has 2 aromatic heterocycles. The van der Waals surface area contributed by atoms with Crippen molar-refractivity contribution in [2.45, 2.75) is 26.3 Å². The summed E-state index contributed by atoms with van der Waals surface area (Å²) < 4.78 is 6.77.